The summed E-state index contributed by atoms with van der Waals surface area (Å²) in [5, 5.41) is 0. The average Bonchev–Trinajstić information content (AvgIpc) is 3.20. The van der Waals surface area contributed by atoms with E-state index in [1.807, 2.05) is 0 Å². The number of carbonyl (C=O) groups is 2. The second-order valence-electron chi connectivity index (χ2n) is 4.14. The van der Waals surface area contributed by atoms with Crippen molar-refractivity contribution in [3.63, 3.8) is 0 Å². The van der Waals surface area contributed by atoms with Gasteiger partial charge in [-0.2, -0.15) is 0 Å². The molecule has 0 heterocycles. The highest BCUT2D eigenvalue weighted by atomic mass is 19.1. The lowest BCUT2D eigenvalue weighted by molar-refractivity contribution is 0.0592. The third-order valence-electron chi connectivity index (χ3n) is 2.98. The third-order valence-corrected chi connectivity index (χ3v) is 2.98. The first-order chi connectivity index (χ1) is 8.60. The zero-order valence-corrected chi connectivity index (χ0v) is 10.2. The summed E-state index contributed by atoms with van der Waals surface area (Å²) in [6, 6.07) is 2.44. The van der Waals surface area contributed by atoms with Crippen molar-refractivity contribution >= 4 is 11.9 Å². The van der Waals surface area contributed by atoms with Crippen LogP contribution in [0.15, 0.2) is 12.1 Å². The van der Waals surface area contributed by atoms with Gasteiger partial charge in [-0.1, -0.05) is 0 Å². The lowest BCUT2D eigenvalue weighted by atomic mass is 9.96. The summed E-state index contributed by atoms with van der Waals surface area (Å²) in [6.07, 6.45) is 1.66. The molecule has 4 nitrogen and oxygen atoms in total. The van der Waals surface area contributed by atoms with E-state index in [0.717, 1.165) is 18.9 Å². The Morgan fingerprint density at radius 1 is 1.17 bits per heavy atom. The van der Waals surface area contributed by atoms with Gasteiger partial charge in [0, 0.05) is 0 Å². The Morgan fingerprint density at radius 2 is 1.78 bits per heavy atom. The van der Waals surface area contributed by atoms with Gasteiger partial charge in [0.15, 0.2) is 0 Å². The van der Waals surface area contributed by atoms with Gasteiger partial charge in [-0.05, 0) is 36.5 Å². The summed E-state index contributed by atoms with van der Waals surface area (Å²) in [5.74, 6) is -1.97. The number of ether oxygens (including phenoxy) is 2. The van der Waals surface area contributed by atoms with E-state index in [4.69, 9.17) is 0 Å². The maximum absolute atomic E-state index is 13.8. The highest BCUT2D eigenvalue weighted by Crippen LogP contribution is 2.44. The lowest BCUT2D eigenvalue weighted by Crippen LogP contribution is -2.14. The monoisotopic (exact) mass is 252 g/mol. The summed E-state index contributed by atoms with van der Waals surface area (Å²) in [5.41, 5.74) is 0.499. The molecular weight excluding hydrogens is 239 g/mol. The minimum Gasteiger partial charge on any atom is -0.465 e. The molecule has 0 N–H and O–H groups in total. The molecule has 0 aromatic heterocycles. The molecule has 0 spiro atoms. The maximum atomic E-state index is 13.8. The van der Waals surface area contributed by atoms with E-state index >= 15 is 0 Å². The van der Waals surface area contributed by atoms with Gasteiger partial charge in [-0.25, -0.2) is 14.0 Å². The van der Waals surface area contributed by atoms with E-state index in [1.54, 1.807) is 0 Å². The molecule has 0 radical (unpaired) electrons. The van der Waals surface area contributed by atoms with Crippen molar-refractivity contribution in [1.82, 2.24) is 0 Å². The molecule has 1 saturated carbocycles. The number of methoxy groups -OCH3 is 2. The van der Waals surface area contributed by atoms with Crippen LogP contribution in [-0.2, 0) is 9.47 Å². The van der Waals surface area contributed by atoms with Crippen LogP contribution in [0.25, 0.3) is 0 Å². The largest absolute Gasteiger partial charge is 0.465 e. The van der Waals surface area contributed by atoms with Gasteiger partial charge in [0.05, 0.1) is 25.3 Å². The molecule has 0 unspecified atom stereocenters. The molecule has 0 saturated heterocycles. The third kappa shape index (κ3) is 2.08. The Bertz CT molecular complexity index is 506. The molecule has 1 aromatic rings. The molecule has 1 aliphatic carbocycles. The average molecular weight is 252 g/mol. The van der Waals surface area contributed by atoms with Gasteiger partial charge in [-0.15, -0.1) is 0 Å². The van der Waals surface area contributed by atoms with Crippen LogP contribution in [0.4, 0.5) is 4.39 Å². The van der Waals surface area contributed by atoms with Gasteiger partial charge >= 0.3 is 11.9 Å². The van der Waals surface area contributed by atoms with Crippen LogP contribution in [0.2, 0.25) is 0 Å². The van der Waals surface area contributed by atoms with E-state index < -0.39 is 17.8 Å². The maximum Gasteiger partial charge on any atom is 0.341 e. The van der Waals surface area contributed by atoms with Gasteiger partial charge in [0.2, 0.25) is 0 Å². The fraction of sp³-hybridized carbons (Fsp3) is 0.385. The fourth-order valence-electron chi connectivity index (χ4n) is 1.99. The van der Waals surface area contributed by atoms with Gasteiger partial charge in [0.25, 0.3) is 0 Å². The Morgan fingerprint density at radius 3 is 2.28 bits per heavy atom. The number of hydrogen-bond donors (Lipinski definition) is 0. The number of esters is 2. The quantitative estimate of drug-likeness (QED) is 0.774. The Hall–Kier alpha value is -1.91. The molecule has 1 aromatic carbocycles. The molecule has 5 heteroatoms. The summed E-state index contributed by atoms with van der Waals surface area (Å²) in [6.45, 7) is 0. The van der Waals surface area contributed by atoms with E-state index in [0.29, 0.717) is 5.56 Å². The van der Waals surface area contributed by atoms with Crippen LogP contribution in [-0.4, -0.2) is 26.2 Å². The number of carbonyl (C=O) groups excluding carboxylic acids is 2. The van der Waals surface area contributed by atoms with E-state index in [1.165, 1.54) is 20.3 Å². The summed E-state index contributed by atoms with van der Waals surface area (Å²) in [4.78, 5) is 23.3. The topological polar surface area (TPSA) is 52.6 Å². The number of rotatable bonds is 3. The molecule has 2 rings (SSSR count). The number of benzene rings is 1. The zero-order valence-electron chi connectivity index (χ0n) is 10.2. The van der Waals surface area contributed by atoms with E-state index in [2.05, 4.69) is 9.47 Å². The molecule has 1 fully saturated rings. The molecule has 1 aliphatic rings. The first kappa shape index (κ1) is 12.5. The second-order valence-corrected chi connectivity index (χ2v) is 4.14. The van der Waals surface area contributed by atoms with Crippen LogP contribution >= 0.6 is 0 Å². The van der Waals surface area contributed by atoms with Crippen molar-refractivity contribution in [2.24, 2.45) is 0 Å². The Labute approximate surface area is 104 Å². The van der Waals surface area contributed by atoms with Crippen LogP contribution in [0.5, 0.6) is 0 Å². The van der Waals surface area contributed by atoms with Crippen molar-refractivity contribution in [1.29, 1.82) is 0 Å². The van der Waals surface area contributed by atoms with E-state index in [9.17, 15) is 14.0 Å². The molecule has 0 amide bonds. The lowest BCUT2D eigenvalue weighted by Gasteiger charge is -2.12. The van der Waals surface area contributed by atoms with Crippen LogP contribution in [0.1, 0.15) is 45.0 Å². The van der Waals surface area contributed by atoms with Crippen molar-refractivity contribution < 1.29 is 23.5 Å². The minimum atomic E-state index is -0.764. The van der Waals surface area contributed by atoms with Crippen molar-refractivity contribution in [3.05, 3.63) is 34.6 Å². The summed E-state index contributed by atoms with van der Waals surface area (Å²) in [7, 11) is 2.43. The first-order valence-corrected chi connectivity index (χ1v) is 5.59. The molecule has 96 valence electrons. The molecular formula is C13H13FO4. The predicted molar refractivity (Wildman–Crippen MR) is 61.1 cm³/mol. The standard InChI is InChI=1S/C13H13FO4/c1-17-12(15)8-5-6-9(14)11(13(16)18-2)10(8)7-3-4-7/h5-7H,3-4H2,1-2H3. The summed E-state index contributed by atoms with van der Waals surface area (Å²) < 4.78 is 23.0. The minimum absolute atomic E-state index is 0.0314. The Kier molecular flexibility index (Phi) is 3.32. The van der Waals surface area contributed by atoms with Crippen molar-refractivity contribution in [2.75, 3.05) is 14.2 Å². The van der Waals surface area contributed by atoms with Gasteiger partial charge in [-0.3, -0.25) is 0 Å². The Balaban J connectivity index is 2.62. The van der Waals surface area contributed by atoms with Crippen molar-refractivity contribution in [2.45, 2.75) is 18.8 Å². The zero-order chi connectivity index (χ0) is 13.3. The van der Waals surface area contributed by atoms with Gasteiger partial charge < -0.3 is 9.47 Å². The highest BCUT2D eigenvalue weighted by Gasteiger charge is 2.34. The normalized spacial score (nSPS) is 14.2. The highest BCUT2D eigenvalue weighted by molar-refractivity contribution is 5.98. The number of hydrogen-bond acceptors (Lipinski definition) is 4. The van der Waals surface area contributed by atoms with Crippen LogP contribution in [0, 0.1) is 5.82 Å². The molecule has 18 heavy (non-hydrogen) atoms. The van der Waals surface area contributed by atoms with Crippen LogP contribution in [0.3, 0.4) is 0 Å². The molecule has 0 aliphatic heterocycles. The SMILES string of the molecule is COC(=O)c1ccc(F)c(C(=O)OC)c1C1CC1. The van der Waals surface area contributed by atoms with E-state index in [-0.39, 0.29) is 17.0 Å². The fourth-order valence-corrected chi connectivity index (χ4v) is 1.99. The molecule has 0 atom stereocenters. The van der Waals surface area contributed by atoms with Crippen molar-refractivity contribution in [3.8, 4) is 0 Å². The molecule has 0 bridgehead atoms. The van der Waals surface area contributed by atoms with Gasteiger partial charge in [0.1, 0.15) is 5.82 Å². The predicted octanol–water partition coefficient (Wildman–Crippen LogP) is 2.28. The van der Waals surface area contributed by atoms with Crippen LogP contribution < -0.4 is 0 Å². The number of halogens is 1. The summed E-state index contributed by atoms with van der Waals surface area (Å²) >= 11 is 0. The first-order valence-electron chi connectivity index (χ1n) is 5.59. The smallest absolute Gasteiger partial charge is 0.341 e. The second kappa shape index (κ2) is 4.76.